The zero-order valence-corrected chi connectivity index (χ0v) is 8.86. The first kappa shape index (κ1) is 10.9. The highest BCUT2D eigenvalue weighted by Crippen LogP contribution is 2.19. The highest BCUT2D eigenvalue weighted by atomic mass is 35.5. The summed E-state index contributed by atoms with van der Waals surface area (Å²) in [5.41, 5.74) is 7.25. The summed E-state index contributed by atoms with van der Waals surface area (Å²) in [6.07, 6.45) is 0.547. The first-order valence-corrected chi connectivity index (χ1v) is 4.80. The van der Waals surface area contributed by atoms with E-state index in [-0.39, 0.29) is 5.84 Å². The molecular weight excluding hydrogens is 198 g/mol. The van der Waals surface area contributed by atoms with Crippen LogP contribution >= 0.6 is 11.6 Å². The third kappa shape index (κ3) is 3.26. The lowest BCUT2D eigenvalue weighted by atomic mass is 10.2. The molecular formula is C10H14ClN3. The average molecular weight is 212 g/mol. The van der Waals surface area contributed by atoms with Crippen LogP contribution in [0.1, 0.15) is 12.0 Å². The van der Waals surface area contributed by atoms with Gasteiger partial charge in [0.05, 0.1) is 5.84 Å². The van der Waals surface area contributed by atoms with Gasteiger partial charge >= 0.3 is 0 Å². The molecule has 1 aromatic rings. The molecule has 0 atom stereocenters. The number of rotatable bonds is 4. The van der Waals surface area contributed by atoms with Crippen molar-refractivity contribution in [2.24, 2.45) is 5.73 Å². The van der Waals surface area contributed by atoms with Gasteiger partial charge in [-0.05, 0) is 24.6 Å². The fourth-order valence-electron chi connectivity index (χ4n) is 1.04. The number of hydrogen-bond acceptors (Lipinski definition) is 2. The molecule has 1 rings (SSSR count). The second-order valence-corrected chi connectivity index (χ2v) is 3.57. The number of amidine groups is 1. The second kappa shape index (κ2) is 4.86. The van der Waals surface area contributed by atoms with Crippen LogP contribution in [-0.2, 0) is 0 Å². The predicted octanol–water partition coefficient (Wildman–Crippen LogP) is 2.39. The third-order valence-electron chi connectivity index (χ3n) is 1.90. The summed E-state index contributed by atoms with van der Waals surface area (Å²) in [7, 11) is 0. The molecule has 0 radical (unpaired) electrons. The lowest BCUT2D eigenvalue weighted by Gasteiger charge is -2.06. The topological polar surface area (TPSA) is 61.9 Å². The summed E-state index contributed by atoms with van der Waals surface area (Å²) in [6.45, 7) is 2.62. The van der Waals surface area contributed by atoms with Gasteiger partial charge in [-0.2, -0.15) is 0 Å². The number of hydrogen-bond donors (Lipinski definition) is 3. The quantitative estimate of drug-likeness (QED) is 0.529. The van der Waals surface area contributed by atoms with Gasteiger partial charge in [0.1, 0.15) is 0 Å². The Balaban J connectivity index is 2.51. The molecule has 4 N–H and O–H groups in total. The molecule has 0 amide bonds. The standard InChI is InChI=1S/C10H14ClN3/c1-7-2-3-8(6-9(7)11)14-5-4-10(12)13/h2-3,6,14H,4-5H2,1H3,(H3,12,13). The van der Waals surface area contributed by atoms with Crippen LogP contribution in [0.5, 0.6) is 0 Å². The molecule has 4 heteroatoms. The van der Waals surface area contributed by atoms with Crippen LogP contribution in [0, 0.1) is 12.3 Å². The Kier molecular flexibility index (Phi) is 3.77. The van der Waals surface area contributed by atoms with Gasteiger partial charge in [0.25, 0.3) is 0 Å². The number of anilines is 1. The lowest BCUT2D eigenvalue weighted by molar-refractivity contribution is 1.08. The van der Waals surface area contributed by atoms with Crippen molar-refractivity contribution in [2.45, 2.75) is 13.3 Å². The molecule has 0 fully saturated rings. The van der Waals surface area contributed by atoms with E-state index >= 15 is 0 Å². The Morgan fingerprint density at radius 3 is 2.86 bits per heavy atom. The van der Waals surface area contributed by atoms with Gasteiger partial charge in [-0.15, -0.1) is 0 Å². The van der Waals surface area contributed by atoms with Crippen molar-refractivity contribution in [3.05, 3.63) is 28.8 Å². The van der Waals surface area contributed by atoms with Crippen molar-refractivity contribution in [3.8, 4) is 0 Å². The van der Waals surface area contributed by atoms with Gasteiger partial charge in [0.15, 0.2) is 0 Å². The van der Waals surface area contributed by atoms with E-state index in [0.29, 0.717) is 13.0 Å². The van der Waals surface area contributed by atoms with Gasteiger partial charge in [-0.25, -0.2) is 0 Å². The second-order valence-electron chi connectivity index (χ2n) is 3.17. The highest BCUT2D eigenvalue weighted by Gasteiger charge is 1.97. The molecule has 3 nitrogen and oxygen atoms in total. The van der Waals surface area contributed by atoms with Crippen LogP contribution in [0.4, 0.5) is 5.69 Å². The van der Waals surface area contributed by atoms with Crippen LogP contribution in [0.3, 0.4) is 0 Å². The molecule has 0 aromatic heterocycles. The molecule has 0 aliphatic rings. The van der Waals surface area contributed by atoms with E-state index in [1.165, 1.54) is 0 Å². The van der Waals surface area contributed by atoms with E-state index in [1.54, 1.807) is 0 Å². The van der Waals surface area contributed by atoms with Gasteiger partial charge in [-0.3, -0.25) is 5.41 Å². The summed E-state index contributed by atoms with van der Waals surface area (Å²) >= 11 is 5.95. The first-order valence-electron chi connectivity index (χ1n) is 4.42. The van der Waals surface area contributed by atoms with Gasteiger partial charge in [0.2, 0.25) is 0 Å². The molecule has 0 aliphatic heterocycles. The van der Waals surface area contributed by atoms with Crippen LogP contribution in [0.25, 0.3) is 0 Å². The van der Waals surface area contributed by atoms with Crippen molar-refractivity contribution in [2.75, 3.05) is 11.9 Å². The normalized spacial score (nSPS) is 9.86. The summed E-state index contributed by atoms with van der Waals surface area (Å²) in [5, 5.41) is 10.9. The number of benzene rings is 1. The van der Waals surface area contributed by atoms with Crippen molar-refractivity contribution in [3.63, 3.8) is 0 Å². The molecule has 0 saturated carbocycles. The Bertz CT molecular complexity index is 336. The summed E-state index contributed by atoms with van der Waals surface area (Å²) in [6, 6.07) is 5.79. The van der Waals surface area contributed by atoms with E-state index in [4.69, 9.17) is 22.7 Å². The maximum Gasteiger partial charge on any atom is 0.0923 e. The minimum absolute atomic E-state index is 0.190. The van der Waals surface area contributed by atoms with E-state index in [1.807, 2.05) is 25.1 Å². The highest BCUT2D eigenvalue weighted by molar-refractivity contribution is 6.31. The zero-order chi connectivity index (χ0) is 10.6. The molecule has 0 saturated heterocycles. The number of nitrogens with two attached hydrogens (primary N) is 1. The molecule has 0 spiro atoms. The van der Waals surface area contributed by atoms with Crippen molar-refractivity contribution in [1.29, 1.82) is 5.41 Å². The third-order valence-corrected chi connectivity index (χ3v) is 2.30. The largest absolute Gasteiger partial charge is 0.388 e. The van der Waals surface area contributed by atoms with Crippen molar-refractivity contribution < 1.29 is 0 Å². The van der Waals surface area contributed by atoms with E-state index in [0.717, 1.165) is 16.3 Å². The maximum absolute atomic E-state index is 7.05. The SMILES string of the molecule is Cc1ccc(NCCC(=N)N)cc1Cl. The fourth-order valence-corrected chi connectivity index (χ4v) is 1.22. The van der Waals surface area contributed by atoms with Gasteiger partial charge < -0.3 is 11.1 Å². The number of aryl methyl sites for hydroxylation is 1. The monoisotopic (exact) mass is 211 g/mol. The summed E-state index contributed by atoms with van der Waals surface area (Å²) < 4.78 is 0. The Labute approximate surface area is 88.8 Å². The minimum Gasteiger partial charge on any atom is -0.388 e. The Morgan fingerprint density at radius 1 is 1.57 bits per heavy atom. The van der Waals surface area contributed by atoms with E-state index in [9.17, 15) is 0 Å². The van der Waals surface area contributed by atoms with E-state index in [2.05, 4.69) is 5.32 Å². The smallest absolute Gasteiger partial charge is 0.0923 e. The number of halogens is 1. The Morgan fingerprint density at radius 2 is 2.29 bits per heavy atom. The fraction of sp³-hybridized carbons (Fsp3) is 0.300. The van der Waals surface area contributed by atoms with Crippen LogP contribution < -0.4 is 11.1 Å². The summed E-state index contributed by atoms with van der Waals surface area (Å²) in [5.74, 6) is 0.190. The molecule has 0 heterocycles. The van der Waals surface area contributed by atoms with Crippen molar-refractivity contribution >= 4 is 23.1 Å². The van der Waals surface area contributed by atoms with Crippen molar-refractivity contribution in [1.82, 2.24) is 0 Å². The van der Waals surface area contributed by atoms with Gasteiger partial charge in [0, 0.05) is 23.7 Å². The number of nitrogens with one attached hydrogen (secondary N) is 2. The van der Waals surface area contributed by atoms with Crippen LogP contribution in [-0.4, -0.2) is 12.4 Å². The lowest BCUT2D eigenvalue weighted by Crippen LogP contribution is -2.15. The molecule has 0 aliphatic carbocycles. The Hall–Kier alpha value is -1.22. The molecule has 0 unspecified atom stereocenters. The predicted molar refractivity (Wildman–Crippen MR) is 61.2 cm³/mol. The average Bonchev–Trinajstić information content (AvgIpc) is 2.10. The maximum atomic E-state index is 7.05. The molecule has 0 bridgehead atoms. The van der Waals surface area contributed by atoms with E-state index < -0.39 is 0 Å². The summed E-state index contributed by atoms with van der Waals surface area (Å²) in [4.78, 5) is 0. The van der Waals surface area contributed by atoms with Gasteiger partial charge in [-0.1, -0.05) is 17.7 Å². The van der Waals surface area contributed by atoms with Crippen LogP contribution in [0.2, 0.25) is 5.02 Å². The molecule has 1 aromatic carbocycles. The molecule has 14 heavy (non-hydrogen) atoms. The first-order chi connectivity index (χ1) is 6.59. The van der Waals surface area contributed by atoms with Crippen LogP contribution in [0.15, 0.2) is 18.2 Å². The minimum atomic E-state index is 0.190. The zero-order valence-electron chi connectivity index (χ0n) is 8.10. The molecule has 76 valence electrons.